The lowest BCUT2D eigenvalue weighted by molar-refractivity contribution is 0.268. The van der Waals surface area contributed by atoms with E-state index in [0.717, 1.165) is 16.8 Å². The molecule has 1 N–H and O–H groups in total. The van der Waals surface area contributed by atoms with Gasteiger partial charge in [-0.2, -0.15) is 4.31 Å². The Hall–Kier alpha value is -1.97. The van der Waals surface area contributed by atoms with Crippen molar-refractivity contribution in [3.63, 3.8) is 0 Å². The highest BCUT2D eigenvalue weighted by Gasteiger charge is 2.33. The molecule has 0 spiro atoms. The molecule has 0 radical (unpaired) electrons. The van der Waals surface area contributed by atoms with Crippen molar-refractivity contribution in [2.75, 3.05) is 31.5 Å². The maximum absolute atomic E-state index is 12.9. The second kappa shape index (κ2) is 7.57. The van der Waals surface area contributed by atoms with Crippen LogP contribution in [0.4, 0.5) is 5.69 Å². The predicted molar refractivity (Wildman–Crippen MR) is 108 cm³/mol. The molecule has 0 unspecified atom stereocenters. The third-order valence-electron chi connectivity index (χ3n) is 4.73. The smallest absolute Gasteiger partial charge is 0.248 e. The highest BCUT2D eigenvalue weighted by molar-refractivity contribution is 7.89. The molecular weight excluding hydrogens is 384 g/mol. The summed E-state index contributed by atoms with van der Waals surface area (Å²) < 4.78 is 32.3. The van der Waals surface area contributed by atoms with Crippen LogP contribution in [0.1, 0.15) is 22.6 Å². The minimum atomic E-state index is -3.61. The number of hydrogen-bond acceptors (Lipinski definition) is 5. The number of anilines is 1. The van der Waals surface area contributed by atoms with E-state index in [-0.39, 0.29) is 4.90 Å². The fourth-order valence-corrected chi connectivity index (χ4v) is 5.17. The third-order valence-corrected chi connectivity index (χ3v) is 7.23. The van der Waals surface area contributed by atoms with E-state index in [1.165, 1.54) is 4.31 Å². The van der Waals surface area contributed by atoms with Gasteiger partial charge in [0, 0.05) is 31.9 Å². The third kappa shape index (κ3) is 3.99. The number of thiocarbonyl (C=S) groups is 1. The summed E-state index contributed by atoms with van der Waals surface area (Å²) in [5.74, 6) is 0.321. The average Bonchev–Trinajstić information content (AvgIpc) is 2.97. The Morgan fingerprint density at radius 3 is 2.41 bits per heavy atom. The van der Waals surface area contributed by atoms with Gasteiger partial charge in [-0.15, -0.1) is 0 Å². The van der Waals surface area contributed by atoms with Gasteiger partial charge in [-0.3, -0.25) is 0 Å². The Bertz CT molecular complexity index is 941. The average molecular weight is 409 g/mol. The van der Waals surface area contributed by atoms with Crippen molar-refractivity contribution in [2.24, 2.45) is 0 Å². The highest BCUT2D eigenvalue weighted by Crippen LogP contribution is 2.24. The summed E-state index contributed by atoms with van der Waals surface area (Å²) in [7, 11) is -3.61. The quantitative estimate of drug-likeness (QED) is 0.782. The molecule has 146 valence electrons. The van der Waals surface area contributed by atoms with E-state index < -0.39 is 10.0 Å². The van der Waals surface area contributed by atoms with Gasteiger partial charge in [-0.25, -0.2) is 8.42 Å². The zero-order valence-corrected chi connectivity index (χ0v) is 17.6. The molecule has 0 amide bonds. The molecule has 1 saturated heterocycles. The Labute approximate surface area is 165 Å². The molecule has 0 saturated carbocycles. The largest absolute Gasteiger partial charge is 0.360 e. The number of benzene rings is 1. The van der Waals surface area contributed by atoms with Crippen LogP contribution < -0.4 is 5.32 Å². The van der Waals surface area contributed by atoms with Crippen molar-refractivity contribution in [3.05, 3.63) is 40.8 Å². The monoisotopic (exact) mass is 408 g/mol. The first-order valence-electron chi connectivity index (χ1n) is 8.76. The van der Waals surface area contributed by atoms with Gasteiger partial charge in [-0.1, -0.05) is 17.3 Å². The zero-order valence-electron chi connectivity index (χ0n) is 15.9. The lowest BCUT2D eigenvalue weighted by Gasteiger charge is -2.35. The minimum Gasteiger partial charge on any atom is -0.360 e. The van der Waals surface area contributed by atoms with E-state index in [1.807, 2.05) is 18.7 Å². The Kier molecular flexibility index (Phi) is 5.55. The predicted octanol–water partition coefficient (Wildman–Crippen LogP) is 2.61. The van der Waals surface area contributed by atoms with Gasteiger partial charge in [0.25, 0.3) is 0 Å². The SMILES string of the molecule is Cc1ccc(C)c(NC(=S)N2CCN(S(=O)(=O)c3c(C)noc3C)CC2)c1. The van der Waals surface area contributed by atoms with Gasteiger partial charge in [-0.05, 0) is 57.1 Å². The van der Waals surface area contributed by atoms with E-state index in [4.69, 9.17) is 16.7 Å². The first kappa shape index (κ1) is 19.8. The van der Waals surface area contributed by atoms with E-state index in [2.05, 4.69) is 28.7 Å². The van der Waals surface area contributed by atoms with Crippen LogP contribution in [0, 0.1) is 27.7 Å². The number of aromatic nitrogens is 1. The molecule has 1 fully saturated rings. The van der Waals surface area contributed by atoms with Crippen LogP contribution >= 0.6 is 12.2 Å². The fraction of sp³-hybridized carbons (Fsp3) is 0.444. The minimum absolute atomic E-state index is 0.173. The number of piperazine rings is 1. The molecular formula is C18H24N4O3S2. The number of hydrogen-bond donors (Lipinski definition) is 1. The first-order valence-corrected chi connectivity index (χ1v) is 10.6. The standard InChI is InChI=1S/C18H24N4O3S2/c1-12-5-6-13(2)16(11-12)19-18(26)21-7-9-22(10-8-21)27(23,24)17-14(3)20-25-15(17)4/h5-6,11H,7-10H2,1-4H3,(H,19,26). The van der Waals surface area contributed by atoms with E-state index in [0.29, 0.717) is 42.7 Å². The maximum atomic E-state index is 12.9. The molecule has 7 nitrogen and oxygen atoms in total. The fourth-order valence-electron chi connectivity index (χ4n) is 3.17. The number of nitrogens with one attached hydrogen (secondary N) is 1. The first-order chi connectivity index (χ1) is 12.7. The van der Waals surface area contributed by atoms with Crippen LogP contribution in [-0.4, -0.2) is 54.1 Å². The van der Waals surface area contributed by atoms with Gasteiger partial charge in [0.1, 0.15) is 10.6 Å². The Morgan fingerprint density at radius 1 is 1.15 bits per heavy atom. The summed E-state index contributed by atoms with van der Waals surface area (Å²) in [6.45, 7) is 9.10. The Morgan fingerprint density at radius 2 is 1.81 bits per heavy atom. The molecule has 0 aliphatic carbocycles. The van der Waals surface area contributed by atoms with Crippen molar-refractivity contribution in [1.29, 1.82) is 0 Å². The lowest BCUT2D eigenvalue weighted by Crippen LogP contribution is -2.51. The number of rotatable bonds is 3. The van der Waals surface area contributed by atoms with Gasteiger partial charge >= 0.3 is 0 Å². The van der Waals surface area contributed by atoms with Crippen molar-refractivity contribution in [1.82, 2.24) is 14.4 Å². The van der Waals surface area contributed by atoms with Gasteiger partial charge in [0.15, 0.2) is 10.9 Å². The zero-order chi connectivity index (χ0) is 19.8. The van der Waals surface area contributed by atoms with E-state index in [9.17, 15) is 8.42 Å². The normalized spacial score (nSPS) is 15.8. The van der Waals surface area contributed by atoms with E-state index in [1.54, 1.807) is 13.8 Å². The molecule has 9 heteroatoms. The van der Waals surface area contributed by atoms with Crippen LogP contribution in [-0.2, 0) is 10.0 Å². The lowest BCUT2D eigenvalue weighted by atomic mass is 10.1. The van der Waals surface area contributed by atoms with Crippen molar-refractivity contribution < 1.29 is 12.9 Å². The topological polar surface area (TPSA) is 78.7 Å². The summed E-state index contributed by atoms with van der Waals surface area (Å²) in [5.41, 5.74) is 3.64. The van der Waals surface area contributed by atoms with Crippen molar-refractivity contribution in [3.8, 4) is 0 Å². The van der Waals surface area contributed by atoms with Gasteiger partial charge in [0.2, 0.25) is 10.0 Å². The molecule has 27 heavy (non-hydrogen) atoms. The van der Waals surface area contributed by atoms with Crippen LogP contribution in [0.25, 0.3) is 0 Å². The van der Waals surface area contributed by atoms with Gasteiger partial charge in [0.05, 0.1) is 0 Å². The van der Waals surface area contributed by atoms with E-state index >= 15 is 0 Å². The molecule has 0 bridgehead atoms. The molecule has 1 aliphatic heterocycles. The van der Waals surface area contributed by atoms with Crippen LogP contribution in [0.2, 0.25) is 0 Å². The van der Waals surface area contributed by atoms with Gasteiger partial charge < -0.3 is 14.7 Å². The summed E-state index contributed by atoms with van der Waals surface area (Å²) in [5, 5.41) is 7.65. The number of nitrogens with zero attached hydrogens (tertiary/aromatic N) is 3. The Balaban J connectivity index is 1.66. The number of aryl methyl sites for hydroxylation is 4. The molecule has 2 heterocycles. The molecule has 1 aromatic heterocycles. The van der Waals surface area contributed by atoms with Crippen LogP contribution in [0.15, 0.2) is 27.6 Å². The summed E-state index contributed by atoms with van der Waals surface area (Å²) in [4.78, 5) is 2.17. The molecule has 0 atom stereocenters. The number of sulfonamides is 1. The molecule has 2 aromatic rings. The van der Waals surface area contributed by atoms with Crippen molar-refractivity contribution >= 4 is 33.0 Å². The van der Waals surface area contributed by atoms with Crippen LogP contribution in [0.5, 0.6) is 0 Å². The van der Waals surface area contributed by atoms with Crippen molar-refractivity contribution in [2.45, 2.75) is 32.6 Å². The van der Waals surface area contributed by atoms with Crippen LogP contribution in [0.3, 0.4) is 0 Å². The summed E-state index contributed by atoms with van der Waals surface area (Å²) in [6, 6.07) is 6.16. The highest BCUT2D eigenvalue weighted by atomic mass is 32.2. The summed E-state index contributed by atoms with van der Waals surface area (Å²) >= 11 is 5.53. The molecule has 1 aromatic carbocycles. The molecule has 3 rings (SSSR count). The second-order valence-electron chi connectivity index (χ2n) is 6.79. The second-order valence-corrected chi connectivity index (χ2v) is 9.05. The summed E-state index contributed by atoms with van der Waals surface area (Å²) in [6.07, 6.45) is 0. The molecule has 1 aliphatic rings. The maximum Gasteiger partial charge on any atom is 0.248 e.